The summed E-state index contributed by atoms with van der Waals surface area (Å²) in [6, 6.07) is 9.99. The summed E-state index contributed by atoms with van der Waals surface area (Å²) >= 11 is 0. The highest BCUT2D eigenvalue weighted by Gasteiger charge is 2.20. The van der Waals surface area contributed by atoms with E-state index in [2.05, 4.69) is 4.72 Å². The molecule has 8 heteroatoms. The Balaban J connectivity index is 2.35. The lowest BCUT2D eigenvalue weighted by atomic mass is 10.2. The minimum Gasteiger partial charge on any atom is -0.397 e. The number of sulfonamides is 1. The van der Waals surface area contributed by atoms with E-state index >= 15 is 0 Å². The van der Waals surface area contributed by atoms with Crippen molar-refractivity contribution in [3.63, 3.8) is 0 Å². The molecular formula is C13H13N3O4S. The zero-order valence-electron chi connectivity index (χ0n) is 11.1. The molecule has 0 amide bonds. The maximum Gasteiger partial charge on any atom is 0.271 e. The normalized spacial score (nSPS) is 11.1. The third kappa shape index (κ3) is 3.29. The summed E-state index contributed by atoms with van der Waals surface area (Å²) in [6.07, 6.45) is 0. The molecule has 0 atom stereocenters. The van der Waals surface area contributed by atoms with Gasteiger partial charge in [-0.05, 0) is 25.1 Å². The van der Waals surface area contributed by atoms with Crippen LogP contribution < -0.4 is 10.5 Å². The topological polar surface area (TPSA) is 115 Å². The highest BCUT2D eigenvalue weighted by molar-refractivity contribution is 7.92. The summed E-state index contributed by atoms with van der Waals surface area (Å²) in [7, 11) is -3.90. The van der Waals surface area contributed by atoms with Crippen LogP contribution in [-0.2, 0) is 10.0 Å². The Hall–Kier alpha value is -2.61. The van der Waals surface area contributed by atoms with Gasteiger partial charge in [-0.3, -0.25) is 14.8 Å². The van der Waals surface area contributed by atoms with Gasteiger partial charge in [0.1, 0.15) is 4.90 Å². The Morgan fingerprint density at radius 3 is 2.29 bits per heavy atom. The molecule has 0 aliphatic rings. The number of nitrogens with one attached hydrogen (secondary N) is 1. The van der Waals surface area contributed by atoms with Crippen molar-refractivity contribution in [2.75, 3.05) is 10.5 Å². The smallest absolute Gasteiger partial charge is 0.271 e. The van der Waals surface area contributed by atoms with Gasteiger partial charge in [-0.2, -0.15) is 0 Å². The molecule has 0 radical (unpaired) electrons. The van der Waals surface area contributed by atoms with Crippen LogP contribution in [0.2, 0.25) is 0 Å². The molecule has 0 fully saturated rings. The Morgan fingerprint density at radius 1 is 1.14 bits per heavy atom. The quantitative estimate of drug-likeness (QED) is 0.511. The zero-order valence-corrected chi connectivity index (χ0v) is 11.9. The summed E-state index contributed by atoms with van der Waals surface area (Å²) in [6.45, 7) is 1.88. The third-order valence-corrected chi connectivity index (χ3v) is 4.25. The van der Waals surface area contributed by atoms with Crippen molar-refractivity contribution in [2.45, 2.75) is 11.8 Å². The Kier molecular flexibility index (Phi) is 3.81. The van der Waals surface area contributed by atoms with E-state index in [4.69, 9.17) is 5.73 Å². The number of benzene rings is 2. The first-order valence-electron chi connectivity index (χ1n) is 5.93. The summed E-state index contributed by atoms with van der Waals surface area (Å²) in [5.41, 5.74) is 6.54. The number of anilines is 2. The predicted octanol–water partition coefficient (Wildman–Crippen LogP) is 2.29. The maximum atomic E-state index is 12.2. The Labute approximate surface area is 121 Å². The number of hydrogen-bond acceptors (Lipinski definition) is 5. The molecule has 0 unspecified atom stereocenters. The number of nitro benzene ring substituents is 1. The van der Waals surface area contributed by atoms with Gasteiger partial charge in [-0.1, -0.05) is 17.7 Å². The van der Waals surface area contributed by atoms with E-state index in [1.54, 1.807) is 24.3 Å². The molecule has 0 heterocycles. The molecule has 0 aliphatic carbocycles. The van der Waals surface area contributed by atoms with Crippen molar-refractivity contribution < 1.29 is 13.3 Å². The number of nitrogens with two attached hydrogens (primary N) is 1. The van der Waals surface area contributed by atoms with Crippen LogP contribution in [-0.4, -0.2) is 13.3 Å². The second kappa shape index (κ2) is 5.41. The van der Waals surface area contributed by atoms with Crippen molar-refractivity contribution in [1.29, 1.82) is 0 Å². The van der Waals surface area contributed by atoms with Gasteiger partial charge in [0.2, 0.25) is 0 Å². The van der Waals surface area contributed by atoms with Crippen LogP contribution in [0.3, 0.4) is 0 Å². The second-order valence-corrected chi connectivity index (χ2v) is 6.10. The number of non-ortho nitro benzene ring substituents is 1. The first kappa shape index (κ1) is 14.8. The lowest BCUT2D eigenvalue weighted by Crippen LogP contribution is -2.15. The maximum absolute atomic E-state index is 12.2. The standard InChI is InChI=1S/C13H13N3O4S/c1-9-2-4-10(5-3-9)15-21(19,20)13-7-6-11(16(17)18)8-12(13)14/h2-8,15H,14H2,1H3. The lowest BCUT2D eigenvalue weighted by molar-refractivity contribution is -0.384. The van der Waals surface area contributed by atoms with Crippen LogP contribution in [0.15, 0.2) is 47.4 Å². The highest BCUT2D eigenvalue weighted by atomic mass is 32.2. The molecule has 2 aromatic carbocycles. The van der Waals surface area contributed by atoms with E-state index in [1.165, 1.54) is 0 Å². The zero-order chi connectivity index (χ0) is 15.6. The molecular weight excluding hydrogens is 294 g/mol. The first-order valence-corrected chi connectivity index (χ1v) is 7.41. The molecule has 0 aromatic heterocycles. The van der Waals surface area contributed by atoms with Crippen LogP contribution in [0.4, 0.5) is 17.1 Å². The molecule has 0 aliphatic heterocycles. The van der Waals surface area contributed by atoms with Gasteiger partial charge in [-0.25, -0.2) is 8.42 Å². The van der Waals surface area contributed by atoms with Gasteiger partial charge in [0.15, 0.2) is 0 Å². The fourth-order valence-electron chi connectivity index (χ4n) is 1.73. The monoisotopic (exact) mass is 307 g/mol. The fourth-order valence-corrected chi connectivity index (χ4v) is 2.90. The fraction of sp³-hybridized carbons (Fsp3) is 0.0769. The van der Waals surface area contributed by atoms with Crippen molar-refractivity contribution in [2.24, 2.45) is 0 Å². The van der Waals surface area contributed by atoms with Gasteiger partial charge in [0.25, 0.3) is 15.7 Å². The van der Waals surface area contributed by atoms with E-state index in [1.807, 2.05) is 6.92 Å². The molecule has 7 nitrogen and oxygen atoms in total. The van der Waals surface area contributed by atoms with E-state index in [0.717, 1.165) is 23.8 Å². The van der Waals surface area contributed by atoms with E-state index < -0.39 is 14.9 Å². The van der Waals surface area contributed by atoms with Crippen molar-refractivity contribution in [1.82, 2.24) is 0 Å². The SMILES string of the molecule is Cc1ccc(NS(=O)(=O)c2ccc([N+](=O)[O-])cc2N)cc1. The molecule has 110 valence electrons. The molecule has 3 N–H and O–H groups in total. The number of nitrogen functional groups attached to an aromatic ring is 1. The van der Waals surface area contributed by atoms with Crippen molar-refractivity contribution in [3.8, 4) is 0 Å². The van der Waals surface area contributed by atoms with Gasteiger partial charge in [-0.15, -0.1) is 0 Å². The van der Waals surface area contributed by atoms with E-state index in [-0.39, 0.29) is 16.3 Å². The van der Waals surface area contributed by atoms with E-state index in [9.17, 15) is 18.5 Å². The Morgan fingerprint density at radius 2 is 1.76 bits per heavy atom. The second-order valence-electron chi connectivity index (χ2n) is 4.45. The van der Waals surface area contributed by atoms with Gasteiger partial charge in [0.05, 0.1) is 10.6 Å². The summed E-state index contributed by atoms with van der Waals surface area (Å²) in [5, 5.41) is 10.6. The lowest BCUT2D eigenvalue weighted by Gasteiger charge is -2.10. The number of hydrogen-bond donors (Lipinski definition) is 2. The van der Waals surface area contributed by atoms with Gasteiger partial charge >= 0.3 is 0 Å². The minimum atomic E-state index is -3.90. The molecule has 0 spiro atoms. The predicted molar refractivity (Wildman–Crippen MR) is 79.5 cm³/mol. The highest BCUT2D eigenvalue weighted by Crippen LogP contribution is 2.25. The van der Waals surface area contributed by atoms with Gasteiger partial charge < -0.3 is 5.73 Å². The molecule has 0 saturated heterocycles. The van der Waals surface area contributed by atoms with Crippen LogP contribution in [0.1, 0.15) is 5.56 Å². The summed E-state index contributed by atoms with van der Waals surface area (Å²) in [5.74, 6) is 0. The minimum absolute atomic E-state index is 0.177. The summed E-state index contributed by atoms with van der Waals surface area (Å²) < 4.78 is 26.8. The van der Waals surface area contributed by atoms with Crippen LogP contribution in [0.25, 0.3) is 0 Å². The first-order chi connectivity index (χ1) is 9.79. The van der Waals surface area contributed by atoms with Gasteiger partial charge in [0, 0.05) is 17.8 Å². The number of nitro groups is 1. The number of nitrogens with zero attached hydrogens (tertiary/aromatic N) is 1. The van der Waals surface area contributed by atoms with Crippen molar-refractivity contribution in [3.05, 3.63) is 58.1 Å². The molecule has 2 rings (SSSR count). The molecule has 0 bridgehead atoms. The number of aryl methyl sites for hydroxylation is 1. The average Bonchev–Trinajstić information content (AvgIpc) is 2.40. The third-order valence-electron chi connectivity index (χ3n) is 2.80. The molecule has 21 heavy (non-hydrogen) atoms. The average molecular weight is 307 g/mol. The van der Waals surface area contributed by atoms with Crippen LogP contribution >= 0.6 is 0 Å². The number of rotatable bonds is 4. The van der Waals surface area contributed by atoms with E-state index in [0.29, 0.717) is 5.69 Å². The largest absolute Gasteiger partial charge is 0.397 e. The molecule has 0 saturated carbocycles. The molecule has 2 aromatic rings. The van der Waals surface area contributed by atoms with Crippen molar-refractivity contribution >= 4 is 27.1 Å². The summed E-state index contributed by atoms with van der Waals surface area (Å²) in [4.78, 5) is 9.78. The Bertz CT molecular complexity index is 786. The van der Waals surface area contributed by atoms with Crippen LogP contribution in [0, 0.1) is 17.0 Å². The van der Waals surface area contributed by atoms with Crippen LogP contribution in [0.5, 0.6) is 0 Å².